The van der Waals surface area contributed by atoms with Crippen LogP contribution in [0, 0.1) is 0 Å². The Balaban J connectivity index is 1.92. The predicted octanol–water partition coefficient (Wildman–Crippen LogP) is 1.31. The molecule has 5 nitrogen and oxygen atoms in total. The van der Waals surface area contributed by atoms with Gasteiger partial charge < -0.3 is 14.5 Å². The molecule has 1 saturated heterocycles. The maximum Gasteiger partial charge on any atom is 0.260 e. The summed E-state index contributed by atoms with van der Waals surface area (Å²) in [5.41, 5.74) is 0.351. The number of hydrogen-bond acceptors (Lipinski definition) is 4. The van der Waals surface area contributed by atoms with Crippen LogP contribution in [0.1, 0.15) is 10.4 Å². The van der Waals surface area contributed by atoms with E-state index in [0.717, 1.165) is 13.1 Å². The van der Waals surface area contributed by atoms with E-state index >= 15 is 0 Å². The third kappa shape index (κ3) is 3.71. The second-order valence-corrected chi connectivity index (χ2v) is 5.21. The summed E-state index contributed by atoms with van der Waals surface area (Å²) < 4.78 is 5.43. The summed E-state index contributed by atoms with van der Waals surface area (Å²) in [4.78, 5) is 26.9. The van der Waals surface area contributed by atoms with Crippen molar-refractivity contribution < 1.29 is 14.3 Å². The lowest BCUT2D eigenvalue weighted by molar-refractivity contribution is -0.134. The molecule has 1 aromatic rings. The summed E-state index contributed by atoms with van der Waals surface area (Å²) in [5.74, 6) is 0.316. The van der Waals surface area contributed by atoms with E-state index in [1.54, 1.807) is 17.0 Å². The van der Waals surface area contributed by atoms with Gasteiger partial charge in [-0.3, -0.25) is 9.59 Å². The first kappa shape index (κ1) is 14.8. The van der Waals surface area contributed by atoms with Crippen molar-refractivity contribution in [2.75, 3.05) is 39.8 Å². The number of likely N-dealkylation sites (N-methyl/N-ethyl adjacent to an activating group) is 1. The number of hydrogen-bond donors (Lipinski definition) is 0. The first-order valence-corrected chi connectivity index (χ1v) is 6.82. The Kier molecular flexibility index (Phi) is 4.98. The van der Waals surface area contributed by atoms with Gasteiger partial charge in [-0.25, -0.2) is 0 Å². The van der Waals surface area contributed by atoms with Gasteiger partial charge in [-0.2, -0.15) is 0 Å². The van der Waals surface area contributed by atoms with Gasteiger partial charge in [-0.1, -0.05) is 11.6 Å². The average molecular weight is 297 g/mol. The lowest BCUT2D eigenvalue weighted by atomic mass is 10.2. The van der Waals surface area contributed by atoms with E-state index in [1.165, 1.54) is 6.07 Å². The molecule has 1 amide bonds. The predicted molar refractivity (Wildman–Crippen MR) is 76.4 cm³/mol. The zero-order valence-corrected chi connectivity index (χ0v) is 12.1. The third-order valence-corrected chi connectivity index (χ3v) is 3.54. The number of carbonyl (C=O) groups is 2. The number of ether oxygens (including phenoxy) is 1. The van der Waals surface area contributed by atoms with E-state index in [4.69, 9.17) is 16.3 Å². The van der Waals surface area contributed by atoms with Crippen molar-refractivity contribution in [3.63, 3.8) is 0 Å². The molecule has 6 heteroatoms. The van der Waals surface area contributed by atoms with Gasteiger partial charge in [0.25, 0.3) is 5.91 Å². The molecular weight excluding hydrogens is 280 g/mol. The van der Waals surface area contributed by atoms with Crippen LogP contribution in [-0.2, 0) is 4.79 Å². The van der Waals surface area contributed by atoms with E-state index < -0.39 is 0 Å². The van der Waals surface area contributed by atoms with Gasteiger partial charge in [0.1, 0.15) is 5.75 Å². The van der Waals surface area contributed by atoms with Crippen LogP contribution in [0.5, 0.6) is 5.75 Å². The molecule has 0 radical (unpaired) electrons. The van der Waals surface area contributed by atoms with Crippen LogP contribution >= 0.6 is 11.6 Å². The first-order chi connectivity index (χ1) is 9.60. The number of halogens is 1. The second kappa shape index (κ2) is 6.72. The van der Waals surface area contributed by atoms with Crippen LogP contribution in [-0.4, -0.2) is 61.8 Å². The highest BCUT2D eigenvalue weighted by molar-refractivity contribution is 6.30. The summed E-state index contributed by atoms with van der Waals surface area (Å²) in [5, 5.41) is 0.463. The third-order valence-electron chi connectivity index (χ3n) is 3.31. The Morgan fingerprint density at radius 3 is 2.70 bits per heavy atom. The van der Waals surface area contributed by atoms with Gasteiger partial charge in [-0.05, 0) is 25.2 Å². The molecule has 0 unspecified atom stereocenters. The lowest BCUT2D eigenvalue weighted by Gasteiger charge is -2.32. The SMILES string of the molecule is CN1CCN(C(=O)COc2ccc(Cl)cc2C=O)CC1. The quantitative estimate of drug-likeness (QED) is 0.786. The van der Waals surface area contributed by atoms with E-state index in [1.807, 2.05) is 7.05 Å². The van der Waals surface area contributed by atoms with Crippen molar-refractivity contribution in [2.24, 2.45) is 0 Å². The Morgan fingerprint density at radius 2 is 2.05 bits per heavy atom. The van der Waals surface area contributed by atoms with Crippen LogP contribution in [0.3, 0.4) is 0 Å². The van der Waals surface area contributed by atoms with Crippen molar-refractivity contribution >= 4 is 23.8 Å². The summed E-state index contributed by atoms with van der Waals surface area (Å²) in [6.45, 7) is 3.09. The smallest absolute Gasteiger partial charge is 0.260 e. The molecule has 0 atom stereocenters. The molecule has 108 valence electrons. The molecule has 0 bridgehead atoms. The molecule has 1 fully saturated rings. The maximum atomic E-state index is 12.0. The van der Waals surface area contributed by atoms with Crippen LogP contribution in [0.4, 0.5) is 0 Å². The van der Waals surface area contributed by atoms with E-state index in [2.05, 4.69) is 4.90 Å². The maximum absolute atomic E-state index is 12.0. The van der Waals surface area contributed by atoms with E-state index in [0.29, 0.717) is 35.7 Å². The highest BCUT2D eigenvalue weighted by atomic mass is 35.5. The van der Waals surface area contributed by atoms with Crippen LogP contribution < -0.4 is 4.74 Å². The van der Waals surface area contributed by atoms with Crippen molar-refractivity contribution in [1.29, 1.82) is 0 Å². The number of rotatable bonds is 4. The number of carbonyl (C=O) groups excluding carboxylic acids is 2. The Bertz CT molecular complexity index is 499. The van der Waals surface area contributed by atoms with E-state index in [9.17, 15) is 9.59 Å². The number of aldehydes is 1. The Labute approximate surface area is 123 Å². The second-order valence-electron chi connectivity index (χ2n) is 4.77. The normalized spacial score (nSPS) is 16.0. The number of benzene rings is 1. The highest BCUT2D eigenvalue weighted by Gasteiger charge is 2.19. The van der Waals surface area contributed by atoms with Crippen LogP contribution in [0.25, 0.3) is 0 Å². The largest absolute Gasteiger partial charge is 0.483 e. The van der Waals surface area contributed by atoms with Gasteiger partial charge in [-0.15, -0.1) is 0 Å². The minimum absolute atomic E-state index is 0.0633. The Hall–Kier alpha value is -1.59. The highest BCUT2D eigenvalue weighted by Crippen LogP contribution is 2.21. The molecule has 20 heavy (non-hydrogen) atoms. The molecule has 0 aliphatic carbocycles. The minimum atomic E-state index is -0.0649. The van der Waals surface area contributed by atoms with Gasteiger partial charge in [0.2, 0.25) is 0 Å². The van der Waals surface area contributed by atoms with Gasteiger partial charge in [0.05, 0.1) is 5.56 Å². The molecular formula is C14H17ClN2O3. The van der Waals surface area contributed by atoms with Gasteiger partial charge in [0.15, 0.2) is 12.9 Å². The fraction of sp³-hybridized carbons (Fsp3) is 0.429. The number of piperazine rings is 1. The summed E-state index contributed by atoms with van der Waals surface area (Å²) in [6, 6.07) is 4.75. The molecule has 1 heterocycles. The van der Waals surface area contributed by atoms with Crippen molar-refractivity contribution in [1.82, 2.24) is 9.80 Å². The lowest BCUT2D eigenvalue weighted by Crippen LogP contribution is -2.48. The van der Waals surface area contributed by atoms with Crippen LogP contribution in [0.2, 0.25) is 5.02 Å². The summed E-state index contributed by atoms with van der Waals surface area (Å²) in [7, 11) is 2.03. The molecule has 0 N–H and O–H groups in total. The summed E-state index contributed by atoms with van der Waals surface area (Å²) in [6.07, 6.45) is 0.668. The number of nitrogens with zero attached hydrogens (tertiary/aromatic N) is 2. The zero-order valence-electron chi connectivity index (χ0n) is 11.3. The van der Waals surface area contributed by atoms with Crippen LogP contribution in [0.15, 0.2) is 18.2 Å². The topological polar surface area (TPSA) is 49.9 Å². The van der Waals surface area contributed by atoms with Gasteiger partial charge in [0, 0.05) is 31.2 Å². The molecule has 0 saturated carbocycles. The Morgan fingerprint density at radius 1 is 1.35 bits per heavy atom. The van der Waals surface area contributed by atoms with Gasteiger partial charge >= 0.3 is 0 Å². The fourth-order valence-corrected chi connectivity index (χ4v) is 2.21. The van der Waals surface area contributed by atoms with Crippen molar-refractivity contribution in [2.45, 2.75) is 0 Å². The minimum Gasteiger partial charge on any atom is -0.483 e. The molecule has 0 aromatic heterocycles. The molecule has 2 rings (SSSR count). The molecule has 1 aromatic carbocycles. The zero-order chi connectivity index (χ0) is 14.5. The molecule has 1 aliphatic heterocycles. The van der Waals surface area contributed by atoms with Crippen molar-refractivity contribution in [3.05, 3.63) is 28.8 Å². The van der Waals surface area contributed by atoms with E-state index in [-0.39, 0.29) is 12.5 Å². The molecule has 0 spiro atoms. The number of amides is 1. The molecule has 1 aliphatic rings. The van der Waals surface area contributed by atoms with Crippen molar-refractivity contribution in [3.8, 4) is 5.75 Å². The average Bonchev–Trinajstić information content (AvgIpc) is 2.46. The fourth-order valence-electron chi connectivity index (χ4n) is 2.03. The monoisotopic (exact) mass is 296 g/mol. The summed E-state index contributed by atoms with van der Waals surface area (Å²) >= 11 is 5.80. The first-order valence-electron chi connectivity index (χ1n) is 6.44. The standard InChI is InChI=1S/C14H17ClN2O3/c1-16-4-6-17(7-5-16)14(19)10-20-13-3-2-12(15)8-11(13)9-18/h2-3,8-9H,4-7,10H2,1H3.